The highest BCUT2D eigenvalue weighted by Crippen LogP contribution is 2.20. The molecular formula is C6H14O2P+. The predicted molar refractivity (Wildman–Crippen MR) is 39.0 cm³/mol. The molecular weight excluding hydrogens is 135 g/mol. The van der Waals surface area contributed by atoms with E-state index < -0.39 is 8.03 Å². The molecule has 0 fully saturated rings. The predicted octanol–water partition coefficient (Wildman–Crippen LogP) is 2.57. The average molecular weight is 149 g/mol. The first-order valence-electron chi connectivity index (χ1n) is 3.38. The van der Waals surface area contributed by atoms with Crippen molar-refractivity contribution in [3.05, 3.63) is 0 Å². The monoisotopic (exact) mass is 149 g/mol. The molecule has 0 aliphatic carbocycles. The van der Waals surface area contributed by atoms with Gasteiger partial charge in [0.25, 0.3) is 0 Å². The Balaban J connectivity index is 2.97. The maximum atomic E-state index is 10.6. The Morgan fingerprint density at radius 2 is 2.11 bits per heavy atom. The quantitative estimate of drug-likeness (QED) is 0.443. The third-order valence-electron chi connectivity index (χ3n) is 0.991. The molecule has 54 valence electrons. The molecule has 3 heteroatoms. The normalized spacial score (nSPS) is 11.6. The molecule has 0 aromatic heterocycles. The van der Waals surface area contributed by atoms with Crippen LogP contribution in [0.3, 0.4) is 0 Å². The van der Waals surface area contributed by atoms with Crippen molar-refractivity contribution < 1.29 is 9.09 Å². The van der Waals surface area contributed by atoms with Crippen molar-refractivity contribution in [2.45, 2.75) is 26.7 Å². The standard InChI is InChI=1S/C6H14O2P/c1-3-5-6-8-9(7)4-2/h3-6H2,1-2H3/q+1. The van der Waals surface area contributed by atoms with E-state index in [4.69, 9.17) is 4.52 Å². The van der Waals surface area contributed by atoms with Crippen LogP contribution >= 0.6 is 8.03 Å². The van der Waals surface area contributed by atoms with Crippen LogP contribution in [0.2, 0.25) is 0 Å². The highest BCUT2D eigenvalue weighted by molar-refractivity contribution is 7.39. The second kappa shape index (κ2) is 6.18. The molecule has 1 atom stereocenters. The van der Waals surface area contributed by atoms with Gasteiger partial charge in [0.2, 0.25) is 0 Å². The first kappa shape index (κ1) is 9.06. The molecule has 0 aromatic rings. The fourth-order valence-electron chi connectivity index (χ4n) is 0.402. The summed E-state index contributed by atoms with van der Waals surface area (Å²) >= 11 is 0. The van der Waals surface area contributed by atoms with Gasteiger partial charge >= 0.3 is 8.03 Å². The van der Waals surface area contributed by atoms with Crippen LogP contribution in [-0.2, 0) is 9.09 Å². The lowest BCUT2D eigenvalue weighted by molar-refractivity contribution is 0.321. The summed E-state index contributed by atoms with van der Waals surface area (Å²) in [4.78, 5) is 0. The van der Waals surface area contributed by atoms with E-state index in [0.29, 0.717) is 12.8 Å². The molecule has 2 nitrogen and oxygen atoms in total. The largest absolute Gasteiger partial charge is 0.507 e. The fraction of sp³-hybridized carbons (Fsp3) is 1.00. The molecule has 9 heavy (non-hydrogen) atoms. The van der Waals surface area contributed by atoms with Crippen molar-refractivity contribution in [1.29, 1.82) is 0 Å². The summed E-state index contributed by atoms with van der Waals surface area (Å²) in [6.45, 7) is 4.60. The van der Waals surface area contributed by atoms with E-state index >= 15 is 0 Å². The van der Waals surface area contributed by atoms with Gasteiger partial charge in [0.05, 0.1) is 0 Å². The van der Waals surface area contributed by atoms with Crippen molar-refractivity contribution in [2.24, 2.45) is 0 Å². The van der Waals surface area contributed by atoms with Gasteiger partial charge in [0.15, 0.2) is 6.16 Å². The van der Waals surface area contributed by atoms with E-state index in [-0.39, 0.29) is 0 Å². The van der Waals surface area contributed by atoms with Gasteiger partial charge in [-0.1, -0.05) is 13.3 Å². The summed E-state index contributed by atoms with van der Waals surface area (Å²) in [5.41, 5.74) is 0. The van der Waals surface area contributed by atoms with Gasteiger partial charge in [-0.15, -0.1) is 4.52 Å². The topological polar surface area (TPSA) is 26.3 Å². The highest BCUT2D eigenvalue weighted by Gasteiger charge is 2.10. The minimum Gasteiger partial charge on any atom is -0.146 e. The Hall–Kier alpha value is 0.0600. The molecule has 0 amide bonds. The Morgan fingerprint density at radius 1 is 1.44 bits per heavy atom. The first-order valence-corrected chi connectivity index (χ1v) is 4.75. The van der Waals surface area contributed by atoms with Gasteiger partial charge in [0, 0.05) is 0 Å². The molecule has 0 spiro atoms. The summed E-state index contributed by atoms with van der Waals surface area (Å²) in [5.74, 6) is 0. The van der Waals surface area contributed by atoms with E-state index in [1.165, 1.54) is 0 Å². The van der Waals surface area contributed by atoms with Crippen LogP contribution in [0.1, 0.15) is 26.7 Å². The molecule has 0 saturated heterocycles. The summed E-state index contributed by atoms with van der Waals surface area (Å²) in [6, 6.07) is 0. The van der Waals surface area contributed by atoms with Crippen LogP contribution in [0.4, 0.5) is 0 Å². The smallest absolute Gasteiger partial charge is 0.146 e. The van der Waals surface area contributed by atoms with Crippen LogP contribution in [-0.4, -0.2) is 12.8 Å². The van der Waals surface area contributed by atoms with E-state index in [0.717, 1.165) is 12.8 Å². The lowest BCUT2D eigenvalue weighted by Gasteiger charge is -1.86. The van der Waals surface area contributed by atoms with Crippen LogP contribution in [0.25, 0.3) is 0 Å². The molecule has 0 rings (SSSR count). The third kappa shape index (κ3) is 5.94. The second-order valence-electron chi connectivity index (χ2n) is 1.84. The van der Waals surface area contributed by atoms with Gasteiger partial charge in [-0.05, 0) is 17.9 Å². The molecule has 0 aliphatic rings. The van der Waals surface area contributed by atoms with E-state index in [1.54, 1.807) is 0 Å². The van der Waals surface area contributed by atoms with E-state index in [2.05, 4.69) is 6.92 Å². The van der Waals surface area contributed by atoms with Gasteiger partial charge < -0.3 is 0 Å². The Bertz CT molecular complexity index is 83.1. The lowest BCUT2D eigenvalue weighted by atomic mass is 10.4. The number of hydrogen-bond donors (Lipinski definition) is 0. The van der Waals surface area contributed by atoms with Gasteiger partial charge in [-0.3, -0.25) is 0 Å². The summed E-state index contributed by atoms with van der Waals surface area (Å²) in [6.07, 6.45) is 2.76. The fourth-order valence-corrected chi connectivity index (χ4v) is 0.917. The van der Waals surface area contributed by atoms with Gasteiger partial charge in [-0.25, -0.2) is 0 Å². The summed E-state index contributed by atoms with van der Waals surface area (Å²) in [7, 11) is -1.34. The Kier molecular flexibility index (Phi) is 6.23. The van der Waals surface area contributed by atoms with Crippen molar-refractivity contribution in [3.63, 3.8) is 0 Å². The van der Waals surface area contributed by atoms with Gasteiger partial charge in [-0.2, -0.15) is 0 Å². The van der Waals surface area contributed by atoms with Crippen LogP contribution in [0.5, 0.6) is 0 Å². The molecule has 0 saturated carbocycles. The zero-order valence-electron chi connectivity index (χ0n) is 6.09. The zero-order chi connectivity index (χ0) is 7.11. The van der Waals surface area contributed by atoms with E-state index in [1.807, 2.05) is 6.92 Å². The average Bonchev–Trinajstić information content (AvgIpc) is 1.89. The third-order valence-corrected chi connectivity index (χ3v) is 1.98. The Morgan fingerprint density at radius 3 is 2.56 bits per heavy atom. The van der Waals surface area contributed by atoms with Crippen LogP contribution in [0.15, 0.2) is 0 Å². The van der Waals surface area contributed by atoms with Crippen LogP contribution < -0.4 is 0 Å². The van der Waals surface area contributed by atoms with Crippen molar-refractivity contribution in [1.82, 2.24) is 0 Å². The molecule has 0 aliphatic heterocycles. The van der Waals surface area contributed by atoms with Crippen molar-refractivity contribution in [2.75, 3.05) is 12.8 Å². The molecule has 0 heterocycles. The molecule has 0 aromatic carbocycles. The molecule has 0 bridgehead atoms. The summed E-state index contributed by atoms with van der Waals surface area (Å²) in [5, 5.41) is 0. The second-order valence-corrected chi connectivity index (χ2v) is 3.39. The maximum absolute atomic E-state index is 10.6. The minimum absolute atomic E-state index is 0.638. The summed E-state index contributed by atoms with van der Waals surface area (Å²) < 4.78 is 15.6. The zero-order valence-corrected chi connectivity index (χ0v) is 6.99. The van der Waals surface area contributed by atoms with Crippen LogP contribution in [0, 0.1) is 0 Å². The number of unbranched alkanes of at least 4 members (excludes halogenated alkanes) is 1. The Labute approximate surface area is 57.5 Å². The number of hydrogen-bond acceptors (Lipinski definition) is 2. The highest BCUT2D eigenvalue weighted by atomic mass is 31.1. The van der Waals surface area contributed by atoms with E-state index in [9.17, 15) is 4.57 Å². The molecule has 0 N–H and O–H groups in total. The number of rotatable bonds is 5. The molecule has 0 radical (unpaired) electrons. The van der Waals surface area contributed by atoms with Crippen molar-refractivity contribution in [3.8, 4) is 0 Å². The lowest BCUT2D eigenvalue weighted by Crippen LogP contribution is -1.85. The maximum Gasteiger partial charge on any atom is 0.507 e. The van der Waals surface area contributed by atoms with Gasteiger partial charge in [0.1, 0.15) is 6.61 Å². The van der Waals surface area contributed by atoms with Crippen molar-refractivity contribution >= 4 is 8.03 Å². The molecule has 1 unspecified atom stereocenters. The SMILES string of the molecule is CCCCO[P+](=O)CC. The minimum atomic E-state index is -1.34. The first-order chi connectivity index (χ1) is 4.31.